The molecule has 98 valence electrons. The molecular weight excluding hydrogens is 220 g/mol. The van der Waals surface area contributed by atoms with Crippen molar-refractivity contribution >= 4 is 11.9 Å². The zero-order valence-electron chi connectivity index (χ0n) is 10.8. The van der Waals surface area contributed by atoms with E-state index >= 15 is 0 Å². The van der Waals surface area contributed by atoms with Gasteiger partial charge in [0.05, 0.1) is 6.04 Å². The zero-order valence-corrected chi connectivity index (χ0v) is 10.8. The molecular formula is C11H22N4O2. The molecule has 0 aromatic carbocycles. The number of piperazine rings is 1. The predicted molar refractivity (Wildman–Crippen MR) is 65.5 cm³/mol. The number of carbonyl (C=O) groups is 2. The molecule has 3 amide bonds. The highest BCUT2D eigenvalue weighted by Crippen LogP contribution is 2.06. The summed E-state index contributed by atoms with van der Waals surface area (Å²) in [6, 6.07) is -0.151. The Bertz CT molecular complexity index is 285. The molecule has 1 aliphatic heterocycles. The molecule has 6 heteroatoms. The largest absolute Gasteiger partial charge is 0.368 e. The maximum Gasteiger partial charge on any atom is 0.317 e. The van der Waals surface area contributed by atoms with E-state index in [4.69, 9.17) is 5.73 Å². The minimum Gasteiger partial charge on any atom is -0.368 e. The van der Waals surface area contributed by atoms with Crippen LogP contribution in [0.2, 0.25) is 0 Å². The summed E-state index contributed by atoms with van der Waals surface area (Å²) in [5.41, 5.74) is 5.25. The van der Waals surface area contributed by atoms with E-state index in [1.807, 2.05) is 18.7 Å². The Morgan fingerprint density at radius 2 is 1.65 bits per heavy atom. The van der Waals surface area contributed by atoms with Crippen molar-refractivity contribution in [2.75, 3.05) is 26.2 Å². The smallest absolute Gasteiger partial charge is 0.317 e. The van der Waals surface area contributed by atoms with Crippen molar-refractivity contribution in [2.24, 2.45) is 5.73 Å². The van der Waals surface area contributed by atoms with E-state index in [2.05, 4.69) is 5.32 Å². The lowest BCUT2D eigenvalue weighted by Crippen LogP contribution is -2.56. The molecule has 1 unspecified atom stereocenters. The van der Waals surface area contributed by atoms with Gasteiger partial charge in [-0.2, -0.15) is 0 Å². The highest BCUT2D eigenvalue weighted by molar-refractivity contribution is 5.79. The monoisotopic (exact) mass is 242 g/mol. The molecule has 3 N–H and O–H groups in total. The van der Waals surface area contributed by atoms with E-state index in [0.717, 1.165) is 0 Å². The Kier molecular flexibility index (Phi) is 4.74. The molecule has 1 aliphatic rings. The number of amides is 3. The summed E-state index contributed by atoms with van der Waals surface area (Å²) in [5, 5.41) is 2.86. The minimum atomic E-state index is -0.315. The van der Waals surface area contributed by atoms with Crippen LogP contribution in [0.4, 0.5) is 4.79 Å². The van der Waals surface area contributed by atoms with Crippen molar-refractivity contribution < 1.29 is 9.59 Å². The van der Waals surface area contributed by atoms with Crippen LogP contribution in [0.25, 0.3) is 0 Å². The predicted octanol–water partition coefficient (Wildman–Crippen LogP) is -0.404. The fourth-order valence-electron chi connectivity index (χ4n) is 1.83. The number of hydrogen-bond acceptors (Lipinski definition) is 3. The van der Waals surface area contributed by atoms with Gasteiger partial charge in [0.15, 0.2) is 0 Å². The third-order valence-electron chi connectivity index (χ3n) is 2.97. The van der Waals surface area contributed by atoms with Gasteiger partial charge in [-0.15, -0.1) is 0 Å². The van der Waals surface area contributed by atoms with Crippen LogP contribution in [0.1, 0.15) is 20.8 Å². The first kappa shape index (κ1) is 13.8. The standard InChI is InChI=1S/C11H22N4O2/c1-8(2)13-11(17)15-6-4-14(5-7-15)9(3)10(12)16/h8-9H,4-7H2,1-3H3,(H2,12,16)(H,13,17). The Balaban J connectivity index is 2.40. The molecule has 0 saturated carbocycles. The van der Waals surface area contributed by atoms with Crippen molar-refractivity contribution in [3.05, 3.63) is 0 Å². The number of nitrogens with two attached hydrogens (primary N) is 1. The number of nitrogens with one attached hydrogen (secondary N) is 1. The Labute approximate surface area is 102 Å². The fraction of sp³-hybridized carbons (Fsp3) is 0.818. The second-order valence-electron chi connectivity index (χ2n) is 4.71. The summed E-state index contributed by atoms with van der Waals surface area (Å²) in [4.78, 5) is 26.5. The zero-order chi connectivity index (χ0) is 13.0. The van der Waals surface area contributed by atoms with Gasteiger partial charge in [-0.1, -0.05) is 0 Å². The van der Waals surface area contributed by atoms with Crippen LogP contribution in [0.15, 0.2) is 0 Å². The summed E-state index contributed by atoms with van der Waals surface area (Å²) in [7, 11) is 0. The minimum absolute atomic E-state index is 0.0358. The number of carbonyl (C=O) groups excluding carboxylic acids is 2. The van der Waals surface area contributed by atoms with Crippen molar-refractivity contribution in [1.29, 1.82) is 0 Å². The van der Waals surface area contributed by atoms with Crippen molar-refractivity contribution in [2.45, 2.75) is 32.9 Å². The molecule has 1 atom stereocenters. The van der Waals surface area contributed by atoms with E-state index < -0.39 is 0 Å². The molecule has 1 rings (SSSR count). The van der Waals surface area contributed by atoms with E-state index in [9.17, 15) is 9.59 Å². The van der Waals surface area contributed by atoms with Crippen LogP contribution >= 0.6 is 0 Å². The molecule has 0 bridgehead atoms. The SMILES string of the molecule is CC(C)NC(=O)N1CCN(C(C)C(N)=O)CC1. The first-order valence-corrected chi connectivity index (χ1v) is 6.00. The molecule has 1 saturated heterocycles. The maximum absolute atomic E-state index is 11.7. The molecule has 1 heterocycles. The van der Waals surface area contributed by atoms with Gasteiger partial charge in [-0.05, 0) is 20.8 Å². The maximum atomic E-state index is 11.7. The topological polar surface area (TPSA) is 78.7 Å². The normalized spacial score (nSPS) is 19.2. The number of nitrogens with zero attached hydrogens (tertiary/aromatic N) is 2. The van der Waals surface area contributed by atoms with Crippen molar-refractivity contribution in [1.82, 2.24) is 15.1 Å². The number of primary amides is 1. The third kappa shape index (κ3) is 3.89. The van der Waals surface area contributed by atoms with E-state index in [0.29, 0.717) is 26.2 Å². The van der Waals surface area contributed by atoms with Gasteiger partial charge < -0.3 is 16.0 Å². The lowest BCUT2D eigenvalue weighted by Gasteiger charge is -2.37. The molecule has 0 radical (unpaired) electrons. The van der Waals surface area contributed by atoms with Gasteiger partial charge in [0.1, 0.15) is 0 Å². The quantitative estimate of drug-likeness (QED) is 0.706. The molecule has 0 aromatic rings. The summed E-state index contributed by atoms with van der Waals surface area (Å²) in [5.74, 6) is -0.315. The number of rotatable bonds is 3. The summed E-state index contributed by atoms with van der Waals surface area (Å²) in [6.45, 7) is 8.32. The van der Waals surface area contributed by atoms with Gasteiger partial charge in [0.2, 0.25) is 5.91 Å². The second-order valence-corrected chi connectivity index (χ2v) is 4.71. The number of urea groups is 1. The highest BCUT2D eigenvalue weighted by atomic mass is 16.2. The van der Waals surface area contributed by atoms with Gasteiger partial charge in [-0.25, -0.2) is 4.79 Å². The second kappa shape index (κ2) is 5.86. The first-order valence-electron chi connectivity index (χ1n) is 6.00. The number of hydrogen-bond donors (Lipinski definition) is 2. The molecule has 0 aliphatic carbocycles. The third-order valence-corrected chi connectivity index (χ3v) is 2.97. The van der Waals surface area contributed by atoms with E-state index in [1.165, 1.54) is 0 Å². The van der Waals surface area contributed by atoms with E-state index in [1.54, 1.807) is 11.8 Å². The van der Waals surface area contributed by atoms with Crippen molar-refractivity contribution in [3.63, 3.8) is 0 Å². The summed E-state index contributed by atoms with van der Waals surface area (Å²) in [6.07, 6.45) is 0. The van der Waals surface area contributed by atoms with Gasteiger partial charge >= 0.3 is 6.03 Å². The van der Waals surface area contributed by atoms with E-state index in [-0.39, 0.29) is 24.0 Å². The molecule has 0 spiro atoms. The van der Waals surface area contributed by atoms with Gasteiger partial charge in [0, 0.05) is 32.2 Å². The first-order chi connectivity index (χ1) is 7.91. The van der Waals surface area contributed by atoms with Crippen LogP contribution in [0, 0.1) is 0 Å². The fourth-order valence-corrected chi connectivity index (χ4v) is 1.83. The van der Waals surface area contributed by atoms with Gasteiger partial charge in [0.25, 0.3) is 0 Å². The van der Waals surface area contributed by atoms with Crippen LogP contribution in [-0.2, 0) is 4.79 Å². The van der Waals surface area contributed by atoms with Crippen molar-refractivity contribution in [3.8, 4) is 0 Å². The lowest BCUT2D eigenvalue weighted by atomic mass is 10.2. The van der Waals surface area contributed by atoms with Crippen LogP contribution in [-0.4, -0.2) is 60.0 Å². The molecule has 6 nitrogen and oxygen atoms in total. The van der Waals surface area contributed by atoms with Crippen LogP contribution in [0.5, 0.6) is 0 Å². The average molecular weight is 242 g/mol. The Morgan fingerprint density at radius 1 is 1.12 bits per heavy atom. The Morgan fingerprint density at radius 3 is 2.06 bits per heavy atom. The Hall–Kier alpha value is -1.30. The van der Waals surface area contributed by atoms with Crippen LogP contribution in [0.3, 0.4) is 0 Å². The van der Waals surface area contributed by atoms with Gasteiger partial charge in [-0.3, -0.25) is 9.69 Å². The molecule has 0 aromatic heterocycles. The summed E-state index contributed by atoms with van der Waals surface area (Å²) < 4.78 is 0. The molecule has 17 heavy (non-hydrogen) atoms. The highest BCUT2D eigenvalue weighted by Gasteiger charge is 2.26. The lowest BCUT2D eigenvalue weighted by molar-refractivity contribution is -0.123. The van der Waals surface area contributed by atoms with Crippen LogP contribution < -0.4 is 11.1 Å². The summed E-state index contributed by atoms with van der Waals surface area (Å²) >= 11 is 0. The average Bonchev–Trinajstić information content (AvgIpc) is 2.27. The molecule has 1 fully saturated rings.